The molecular formula is C20H17N3O2. The molecule has 0 aliphatic carbocycles. The van der Waals surface area contributed by atoms with Gasteiger partial charge in [0.2, 0.25) is 0 Å². The van der Waals surface area contributed by atoms with Crippen molar-refractivity contribution in [1.82, 2.24) is 9.88 Å². The lowest BCUT2D eigenvalue weighted by Gasteiger charge is -2.06. The minimum Gasteiger partial charge on any atom is -0.343 e. The van der Waals surface area contributed by atoms with Crippen molar-refractivity contribution in [2.24, 2.45) is 4.99 Å². The number of aromatic nitrogens is 1. The van der Waals surface area contributed by atoms with Gasteiger partial charge in [0.15, 0.2) is 0 Å². The van der Waals surface area contributed by atoms with Gasteiger partial charge in [-0.05, 0) is 24.1 Å². The van der Waals surface area contributed by atoms with Crippen LogP contribution < -0.4 is 5.32 Å². The summed E-state index contributed by atoms with van der Waals surface area (Å²) >= 11 is 0. The molecule has 2 aromatic carbocycles. The zero-order valence-corrected chi connectivity index (χ0v) is 13.8. The molecular weight excluding hydrogens is 314 g/mol. The number of benzene rings is 2. The topological polar surface area (TPSA) is 63.5 Å². The summed E-state index contributed by atoms with van der Waals surface area (Å²) in [5.74, 6) is -0.402. The molecule has 5 nitrogen and oxygen atoms in total. The van der Waals surface area contributed by atoms with Gasteiger partial charge in [-0.1, -0.05) is 48.0 Å². The van der Waals surface area contributed by atoms with Crippen LogP contribution in [0.2, 0.25) is 0 Å². The number of aryl methyl sites for hydroxylation is 1. The van der Waals surface area contributed by atoms with E-state index in [1.807, 2.05) is 24.4 Å². The van der Waals surface area contributed by atoms with Gasteiger partial charge in [-0.15, -0.1) is 0 Å². The second-order valence-corrected chi connectivity index (χ2v) is 6.28. The molecule has 0 spiro atoms. The Morgan fingerprint density at radius 3 is 2.68 bits per heavy atom. The van der Waals surface area contributed by atoms with E-state index in [0.29, 0.717) is 6.42 Å². The highest BCUT2D eigenvalue weighted by atomic mass is 16.2. The summed E-state index contributed by atoms with van der Waals surface area (Å²) in [5, 5.41) is 3.27. The van der Waals surface area contributed by atoms with Crippen LogP contribution in [-0.4, -0.2) is 22.2 Å². The minimum absolute atomic E-state index is 0.267. The lowest BCUT2D eigenvalue weighted by Crippen LogP contribution is -2.26. The van der Waals surface area contributed by atoms with Crippen molar-refractivity contribution in [2.75, 3.05) is 0 Å². The average molecular weight is 331 g/mol. The Morgan fingerprint density at radius 2 is 1.92 bits per heavy atom. The number of nitrogens with one attached hydrogen (secondary N) is 1. The van der Waals surface area contributed by atoms with Crippen molar-refractivity contribution in [2.45, 2.75) is 19.9 Å². The number of urea groups is 1. The van der Waals surface area contributed by atoms with Crippen molar-refractivity contribution in [3.8, 4) is 0 Å². The highest BCUT2D eigenvalue weighted by Gasteiger charge is 2.24. The van der Waals surface area contributed by atoms with E-state index in [-0.39, 0.29) is 5.71 Å². The predicted octanol–water partition coefficient (Wildman–Crippen LogP) is 3.23. The van der Waals surface area contributed by atoms with Crippen LogP contribution in [-0.2, 0) is 17.8 Å². The Bertz CT molecular complexity index is 1030. The second kappa shape index (κ2) is 6.02. The Kier molecular flexibility index (Phi) is 3.69. The number of nitrogens with zero attached hydrogens (tertiary/aromatic N) is 2. The smallest absolute Gasteiger partial charge is 0.343 e. The van der Waals surface area contributed by atoms with Gasteiger partial charge in [-0.2, -0.15) is 4.99 Å². The van der Waals surface area contributed by atoms with Gasteiger partial charge in [0.1, 0.15) is 5.71 Å². The fraction of sp³-hybridized carbons (Fsp3) is 0.150. The van der Waals surface area contributed by atoms with E-state index in [2.05, 4.69) is 52.1 Å². The summed E-state index contributed by atoms with van der Waals surface area (Å²) in [5.41, 5.74) is 4.81. The first-order valence-electron chi connectivity index (χ1n) is 8.15. The van der Waals surface area contributed by atoms with Crippen molar-refractivity contribution < 1.29 is 9.59 Å². The van der Waals surface area contributed by atoms with Gasteiger partial charge in [-0.25, -0.2) is 4.79 Å². The van der Waals surface area contributed by atoms with Crippen molar-refractivity contribution in [1.29, 1.82) is 0 Å². The number of rotatable bonds is 4. The number of fused-ring (bicyclic) bond motifs is 1. The maximum absolute atomic E-state index is 11.8. The van der Waals surface area contributed by atoms with Crippen LogP contribution in [0.1, 0.15) is 16.7 Å². The van der Waals surface area contributed by atoms with E-state index >= 15 is 0 Å². The van der Waals surface area contributed by atoms with Crippen molar-refractivity contribution in [3.63, 3.8) is 0 Å². The number of aliphatic imine (C=N–C) groups is 1. The predicted molar refractivity (Wildman–Crippen MR) is 96.9 cm³/mol. The normalized spacial score (nSPS) is 14.0. The first-order valence-corrected chi connectivity index (χ1v) is 8.15. The number of amides is 3. The van der Waals surface area contributed by atoms with Gasteiger partial charge in [0, 0.05) is 30.1 Å². The molecule has 0 unspecified atom stereocenters. The van der Waals surface area contributed by atoms with Crippen molar-refractivity contribution >= 4 is 28.6 Å². The van der Waals surface area contributed by atoms with Crippen LogP contribution in [0.4, 0.5) is 4.79 Å². The fourth-order valence-electron chi connectivity index (χ4n) is 3.27. The molecule has 25 heavy (non-hydrogen) atoms. The van der Waals surface area contributed by atoms with Crippen LogP contribution in [0, 0.1) is 6.92 Å². The summed E-state index contributed by atoms with van der Waals surface area (Å²) in [6.07, 6.45) is 2.39. The molecule has 124 valence electrons. The zero-order chi connectivity index (χ0) is 17.4. The summed E-state index contributed by atoms with van der Waals surface area (Å²) in [6.45, 7) is 2.83. The molecule has 2 heterocycles. The summed E-state index contributed by atoms with van der Waals surface area (Å²) < 4.78 is 2.18. The van der Waals surface area contributed by atoms with E-state index in [4.69, 9.17) is 0 Å². The first kappa shape index (κ1) is 15.3. The Labute approximate surface area is 145 Å². The van der Waals surface area contributed by atoms with Gasteiger partial charge >= 0.3 is 6.03 Å². The number of imide groups is 1. The molecule has 3 amide bonds. The van der Waals surface area contributed by atoms with Crippen LogP contribution in [0.25, 0.3) is 10.9 Å². The van der Waals surface area contributed by atoms with Gasteiger partial charge in [0.05, 0.1) is 0 Å². The third kappa shape index (κ3) is 2.96. The fourth-order valence-corrected chi connectivity index (χ4v) is 3.27. The summed E-state index contributed by atoms with van der Waals surface area (Å²) in [7, 11) is 0. The maximum atomic E-state index is 11.8. The molecule has 4 rings (SSSR count). The number of para-hydroxylation sites is 1. The van der Waals surface area contributed by atoms with Crippen LogP contribution in [0.3, 0.4) is 0 Å². The van der Waals surface area contributed by atoms with E-state index < -0.39 is 11.9 Å². The van der Waals surface area contributed by atoms with Crippen LogP contribution in [0.5, 0.6) is 0 Å². The Balaban J connectivity index is 1.73. The van der Waals surface area contributed by atoms with E-state index in [1.165, 1.54) is 11.1 Å². The van der Waals surface area contributed by atoms with Gasteiger partial charge in [0.25, 0.3) is 5.91 Å². The molecule has 0 saturated carbocycles. The number of carbonyl (C=O) groups excluding carboxylic acids is 2. The first-order chi connectivity index (χ1) is 12.1. The Morgan fingerprint density at radius 1 is 1.08 bits per heavy atom. The monoisotopic (exact) mass is 331 g/mol. The Hall–Kier alpha value is -3.21. The molecule has 0 fully saturated rings. The van der Waals surface area contributed by atoms with Crippen LogP contribution in [0.15, 0.2) is 59.7 Å². The summed E-state index contributed by atoms with van der Waals surface area (Å²) in [6, 6.07) is 15.9. The highest BCUT2D eigenvalue weighted by molar-refractivity contribution is 6.46. The number of carbonyl (C=O) groups is 2. The molecule has 1 aromatic heterocycles. The van der Waals surface area contributed by atoms with E-state index in [9.17, 15) is 9.59 Å². The quantitative estimate of drug-likeness (QED) is 0.798. The molecule has 5 heteroatoms. The highest BCUT2D eigenvalue weighted by Crippen LogP contribution is 2.24. The molecule has 0 atom stereocenters. The third-order valence-electron chi connectivity index (χ3n) is 4.38. The standard InChI is InChI=1S/C20H17N3O2/c1-13-5-4-6-14(9-13)11-23-12-15(16-7-2-3-8-18(16)23)10-17-19(24)22-20(25)21-17/h2-9,12H,10-11H2,1H3,(H,22,24,25). The summed E-state index contributed by atoms with van der Waals surface area (Å²) in [4.78, 5) is 26.8. The molecule has 0 bridgehead atoms. The van der Waals surface area contributed by atoms with E-state index in [1.54, 1.807) is 0 Å². The largest absolute Gasteiger partial charge is 0.348 e. The van der Waals surface area contributed by atoms with Gasteiger partial charge < -0.3 is 4.57 Å². The lowest BCUT2D eigenvalue weighted by molar-refractivity contribution is -0.113. The molecule has 1 aliphatic rings. The van der Waals surface area contributed by atoms with Crippen molar-refractivity contribution in [3.05, 3.63) is 71.4 Å². The lowest BCUT2D eigenvalue weighted by atomic mass is 10.1. The minimum atomic E-state index is -0.580. The molecule has 0 radical (unpaired) electrons. The average Bonchev–Trinajstić information content (AvgIpc) is 3.08. The number of hydrogen-bond acceptors (Lipinski definition) is 2. The third-order valence-corrected chi connectivity index (χ3v) is 4.38. The molecule has 0 saturated heterocycles. The second-order valence-electron chi connectivity index (χ2n) is 6.28. The van der Waals surface area contributed by atoms with Crippen LogP contribution >= 0.6 is 0 Å². The number of hydrogen-bond donors (Lipinski definition) is 1. The maximum Gasteiger partial charge on any atom is 0.348 e. The molecule has 1 N–H and O–H groups in total. The van der Waals surface area contributed by atoms with E-state index in [0.717, 1.165) is 23.0 Å². The van der Waals surface area contributed by atoms with Gasteiger partial charge in [-0.3, -0.25) is 10.1 Å². The zero-order valence-electron chi connectivity index (χ0n) is 13.8. The SMILES string of the molecule is Cc1cccc(Cn2cc(CC3=NC(=O)NC3=O)c3ccccc32)c1. The molecule has 3 aromatic rings. The molecule has 1 aliphatic heterocycles.